The largest absolute Gasteiger partial charge is 0.442 e. The average molecular weight is 193 g/mol. The van der Waals surface area contributed by atoms with Crippen molar-refractivity contribution < 1.29 is 19.1 Å². The molecular formula is C10H9O4. The first kappa shape index (κ1) is 10.2. The molecule has 0 heterocycles. The molecule has 0 amide bonds. The number of benzene rings is 1. The molecule has 14 heavy (non-hydrogen) atoms. The number of ether oxygens (including phenoxy) is 2. The van der Waals surface area contributed by atoms with E-state index in [0.29, 0.717) is 5.75 Å². The van der Waals surface area contributed by atoms with E-state index < -0.39 is 12.1 Å². The molecule has 73 valence electrons. The molecule has 1 aromatic carbocycles. The molecule has 1 atom stereocenters. The second kappa shape index (κ2) is 5.01. The fourth-order valence-electron chi connectivity index (χ4n) is 0.808. The van der Waals surface area contributed by atoms with Crippen LogP contribution in [0.15, 0.2) is 30.3 Å². The quantitative estimate of drug-likeness (QED) is 0.530. The molecule has 0 saturated heterocycles. The van der Waals surface area contributed by atoms with Crippen LogP contribution in [-0.2, 0) is 14.3 Å². The summed E-state index contributed by atoms with van der Waals surface area (Å²) in [7, 11) is 0. The van der Waals surface area contributed by atoms with Gasteiger partial charge in [0, 0.05) is 0 Å². The van der Waals surface area contributed by atoms with Gasteiger partial charge < -0.3 is 9.47 Å². The SMILES string of the molecule is CC(O[C]=O)C(=O)Oc1ccccc1. The second-order valence-electron chi connectivity index (χ2n) is 2.58. The van der Waals surface area contributed by atoms with Crippen LogP contribution in [0.2, 0.25) is 0 Å². The Morgan fingerprint density at radius 1 is 1.36 bits per heavy atom. The van der Waals surface area contributed by atoms with Crippen LogP contribution < -0.4 is 4.74 Å². The first-order chi connectivity index (χ1) is 6.74. The summed E-state index contributed by atoms with van der Waals surface area (Å²) < 4.78 is 9.18. The zero-order valence-electron chi connectivity index (χ0n) is 7.60. The third kappa shape index (κ3) is 2.90. The van der Waals surface area contributed by atoms with Gasteiger partial charge in [-0.3, -0.25) is 0 Å². The summed E-state index contributed by atoms with van der Waals surface area (Å²) in [5.41, 5.74) is 0. The highest BCUT2D eigenvalue weighted by Gasteiger charge is 2.16. The zero-order valence-corrected chi connectivity index (χ0v) is 7.60. The van der Waals surface area contributed by atoms with Crippen LogP contribution >= 0.6 is 0 Å². The van der Waals surface area contributed by atoms with E-state index in [1.54, 1.807) is 30.3 Å². The molecule has 0 N–H and O–H groups in total. The van der Waals surface area contributed by atoms with Crippen molar-refractivity contribution in [2.24, 2.45) is 0 Å². The average Bonchev–Trinajstić information content (AvgIpc) is 2.19. The highest BCUT2D eigenvalue weighted by molar-refractivity contribution is 5.77. The van der Waals surface area contributed by atoms with E-state index >= 15 is 0 Å². The molecular weight excluding hydrogens is 184 g/mol. The standard InChI is InChI=1S/C10H9O4/c1-8(13-7-11)10(12)14-9-5-3-2-4-6-9/h2-6,8H,1H3. The molecule has 0 bridgehead atoms. The molecule has 1 rings (SSSR count). The number of hydrogen-bond acceptors (Lipinski definition) is 4. The van der Waals surface area contributed by atoms with Gasteiger partial charge in [-0.25, -0.2) is 9.59 Å². The lowest BCUT2D eigenvalue weighted by Gasteiger charge is -2.07. The minimum Gasteiger partial charge on any atom is -0.442 e. The van der Waals surface area contributed by atoms with E-state index in [1.165, 1.54) is 13.4 Å². The van der Waals surface area contributed by atoms with E-state index in [9.17, 15) is 9.59 Å². The van der Waals surface area contributed by atoms with Gasteiger partial charge in [-0.2, -0.15) is 0 Å². The third-order valence-corrected chi connectivity index (χ3v) is 1.52. The molecule has 0 aliphatic rings. The first-order valence-electron chi connectivity index (χ1n) is 4.03. The summed E-state index contributed by atoms with van der Waals surface area (Å²) in [5.74, 6) is -0.210. The summed E-state index contributed by atoms with van der Waals surface area (Å²) >= 11 is 0. The Kier molecular flexibility index (Phi) is 3.67. The summed E-state index contributed by atoms with van der Waals surface area (Å²) in [4.78, 5) is 21.0. The van der Waals surface area contributed by atoms with Crippen molar-refractivity contribution in [1.82, 2.24) is 0 Å². The van der Waals surface area contributed by atoms with Gasteiger partial charge in [0.15, 0.2) is 6.10 Å². The Hall–Kier alpha value is -1.84. The summed E-state index contributed by atoms with van der Waals surface area (Å²) in [6.45, 7) is 2.60. The van der Waals surface area contributed by atoms with E-state index in [4.69, 9.17) is 4.74 Å². The minimum atomic E-state index is -0.937. The molecule has 4 heteroatoms. The van der Waals surface area contributed by atoms with Crippen LogP contribution in [0, 0.1) is 0 Å². The van der Waals surface area contributed by atoms with Gasteiger partial charge in [0.1, 0.15) is 5.75 Å². The number of esters is 1. The van der Waals surface area contributed by atoms with E-state index in [1.807, 2.05) is 0 Å². The summed E-state index contributed by atoms with van der Waals surface area (Å²) in [5, 5.41) is 0. The zero-order chi connectivity index (χ0) is 10.4. The van der Waals surface area contributed by atoms with E-state index in [0.717, 1.165) is 0 Å². The molecule has 0 saturated carbocycles. The maximum absolute atomic E-state index is 11.2. The molecule has 0 fully saturated rings. The Bertz CT molecular complexity index is 307. The normalized spacial score (nSPS) is 11.5. The monoisotopic (exact) mass is 193 g/mol. The van der Waals surface area contributed by atoms with Gasteiger partial charge in [-0.1, -0.05) is 18.2 Å². The van der Waals surface area contributed by atoms with Crippen LogP contribution in [0.3, 0.4) is 0 Å². The highest BCUT2D eigenvalue weighted by Crippen LogP contribution is 2.09. The third-order valence-electron chi connectivity index (χ3n) is 1.52. The predicted molar refractivity (Wildman–Crippen MR) is 48.3 cm³/mol. The summed E-state index contributed by atoms with van der Waals surface area (Å²) in [6.07, 6.45) is -0.937. The lowest BCUT2D eigenvalue weighted by molar-refractivity contribution is -0.142. The Labute approximate surface area is 81.4 Å². The molecule has 0 aliphatic carbocycles. The van der Waals surface area contributed by atoms with Gasteiger partial charge in [-0.05, 0) is 19.1 Å². The number of carbonyl (C=O) groups excluding carboxylic acids is 2. The van der Waals surface area contributed by atoms with Crippen molar-refractivity contribution in [3.63, 3.8) is 0 Å². The van der Waals surface area contributed by atoms with Gasteiger partial charge >= 0.3 is 12.4 Å². The fraction of sp³-hybridized carbons (Fsp3) is 0.200. The topological polar surface area (TPSA) is 52.6 Å². The smallest absolute Gasteiger partial charge is 0.418 e. The predicted octanol–water partition coefficient (Wildman–Crippen LogP) is 1.06. The van der Waals surface area contributed by atoms with Gasteiger partial charge in [0.2, 0.25) is 0 Å². The molecule has 1 aromatic rings. The second-order valence-corrected chi connectivity index (χ2v) is 2.58. The Balaban J connectivity index is 2.53. The molecule has 1 radical (unpaired) electrons. The minimum absolute atomic E-state index is 0.416. The maximum atomic E-state index is 11.2. The van der Waals surface area contributed by atoms with Gasteiger partial charge in [-0.15, -0.1) is 0 Å². The van der Waals surface area contributed by atoms with Crippen molar-refractivity contribution in [2.45, 2.75) is 13.0 Å². The molecule has 0 aliphatic heterocycles. The van der Waals surface area contributed by atoms with Crippen molar-refractivity contribution in [2.75, 3.05) is 0 Å². The first-order valence-corrected chi connectivity index (χ1v) is 4.03. The number of carbonyl (C=O) groups is 1. The summed E-state index contributed by atoms with van der Waals surface area (Å²) in [6, 6.07) is 8.54. The lowest BCUT2D eigenvalue weighted by atomic mass is 10.3. The number of para-hydroxylation sites is 1. The van der Waals surface area contributed by atoms with E-state index in [-0.39, 0.29) is 0 Å². The Morgan fingerprint density at radius 2 is 2.00 bits per heavy atom. The van der Waals surface area contributed by atoms with Crippen LogP contribution in [0.25, 0.3) is 0 Å². The molecule has 0 spiro atoms. The van der Waals surface area contributed by atoms with Gasteiger partial charge in [0.25, 0.3) is 0 Å². The van der Waals surface area contributed by atoms with Crippen LogP contribution in [-0.4, -0.2) is 18.5 Å². The Morgan fingerprint density at radius 3 is 2.57 bits per heavy atom. The molecule has 0 aromatic heterocycles. The number of rotatable bonds is 4. The lowest BCUT2D eigenvalue weighted by Crippen LogP contribution is -2.25. The van der Waals surface area contributed by atoms with Crippen LogP contribution in [0.4, 0.5) is 0 Å². The highest BCUT2D eigenvalue weighted by atomic mass is 16.6. The fourth-order valence-corrected chi connectivity index (χ4v) is 0.808. The van der Waals surface area contributed by atoms with Crippen LogP contribution in [0.5, 0.6) is 5.75 Å². The van der Waals surface area contributed by atoms with Crippen LogP contribution in [0.1, 0.15) is 6.92 Å². The maximum Gasteiger partial charge on any atom is 0.418 e. The number of hydrogen-bond donors (Lipinski definition) is 0. The van der Waals surface area contributed by atoms with Crippen molar-refractivity contribution >= 4 is 12.4 Å². The van der Waals surface area contributed by atoms with Crippen molar-refractivity contribution in [1.29, 1.82) is 0 Å². The molecule has 1 unspecified atom stereocenters. The van der Waals surface area contributed by atoms with Gasteiger partial charge in [0.05, 0.1) is 0 Å². The van der Waals surface area contributed by atoms with Crippen molar-refractivity contribution in [3.05, 3.63) is 30.3 Å². The molecule has 4 nitrogen and oxygen atoms in total. The van der Waals surface area contributed by atoms with E-state index in [2.05, 4.69) is 4.74 Å². The van der Waals surface area contributed by atoms with Crippen molar-refractivity contribution in [3.8, 4) is 5.75 Å².